The molecule has 1 atom stereocenters. The Morgan fingerprint density at radius 2 is 1.74 bits per heavy atom. The molecule has 5 N–H and O–H groups in total. The molecule has 2 amide bonds. The Morgan fingerprint density at radius 3 is 2.31 bits per heavy atom. The predicted molar refractivity (Wildman–Crippen MR) is 129 cm³/mol. The van der Waals surface area contributed by atoms with Gasteiger partial charge in [0.05, 0.1) is 11.4 Å². The molecule has 0 aliphatic carbocycles. The van der Waals surface area contributed by atoms with Gasteiger partial charge in [-0.25, -0.2) is 14.4 Å². The number of amides is 2. The van der Waals surface area contributed by atoms with Crippen molar-refractivity contribution in [2.75, 3.05) is 19.6 Å². The fourth-order valence-electron chi connectivity index (χ4n) is 3.00. The van der Waals surface area contributed by atoms with E-state index in [0.29, 0.717) is 18.0 Å². The van der Waals surface area contributed by atoms with Crippen LogP contribution in [0.3, 0.4) is 0 Å². The molecule has 1 unspecified atom stereocenters. The molecule has 12 nitrogen and oxygen atoms in total. The lowest BCUT2D eigenvalue weighted by Crippen LogP contribution is -2.42. The normalized spacial score (nSPS) is 13.0. The van der Waals surface area contributed by atoms with Gasteiger partial charge in [-0.2, -0.15) is 13.2 Å². The zero-order valence-electron chi connectivity index (χ0n) is 20.3. The summed E-state index contributed by atoms with van der Waals surface area (Å²) < 4.78 is 42.2. The lowest BCUT2D eigenvalue weighted by Gasteiger charge is -2.16. The number of benzene rings is 1. The SMILES string of the molecule is CCNC(=O)Oc1ccccc1OC(C(=O)O)C(=O)CNC(=O)c1cc2c(s1)CCNC2.O=C(O)C(F)(F)F. The Balaban J connectivity index is 0.000000673. The molecular formula is C23H24F3N3O9S. The number of carbonyl (C=O) groups is 5. The van der Waals surface area contributed by atoms with E-state index in [0.717, 1.165) is 23.4 Å². The Bertz CT molecular complexity index is 1190. The summed E-state index contributed by atoms with van der Waals surface area (Å²) >= 11 is 1.36. The molecule has 212 valence electrons. The number of alkyl halides is 3. The summed E-state index contributed by atoms with van der Waals surface area (Å²) in [4.78, 5) is 58.7. The lowest BCUT2D eigenvalue weighted by molar-refractivity contribution is -0.192. The Morgan fingerprint density at radius 1 is 1.10 bits per heavy atom. The minimum Gasteiger partial charge on any atom is -0.478 e. The van der Waals surface area contributed by atoms with Gasteiger partial charge in [0.2, 0.25) is 5.78 Å². The standard InChI is InChI=1S/C21H23N3O7S.C2HF3O2/c1-2-23-21(29)31-15-6-4-3-5-14(15)30-18(20(27)28)13(25)11-24-19(26)17-9-12-10-22-8-7-16(12)32-17;3-2(4,5)1(6)7/h3-6,9,18,22H,2,7-8,10-11H2,1H3,(H,23,29)(H,24,26)(H,27,28);(H,6,7). The molecule has 0 bridgehead atoms. The van der Waals surface area contributed by atoms with Crippen molar-refractivity contribution in [3.63, 3.8) is 0 Å². The number of thiophene rings is 1. The number of halogens is 3. The molecule has 1 aromatic carbocycles. The first-order valence-corrected chi connectivity index (χ1v) is 12.0. The van der Waals surface area contributed by atoms with Crippen molar-refractivity contribution in [3.8, 4) is 11.5 Å². The molecule has 1 aliphatic heterocycles. The topological polar surface area (TPSA) is 180 Å². The molecule has 0 radical (unpaired) electrons. The second-order valence-electron chi connectivity index (χ2n) is 7.64. The van der Waals surface area contributed by atoms with Crippen molar-refractivity contribution < 1.29 is 56.8 Å². The van der Waals surface area contributed by atoms with Crippen molar-refractivity contribution in [2.45, 2.75) is 32.2 Å². The van der Waals surface area contributed by atoms with E-state index >= 15 is 0 Å². The summed E-state index contributed by atoms with van der Waals surface area (Å²) in [5.41, 5.74) is 1.05. The van der Waals surface area contributed by atoms with E-state index in [1.165, 1.54) is 23.5 Å². The van der Waals surface area contributed by atoms with Gasteiger partial charge in [-0.1, -0.05) is 12.1 Å². The molecule has 0 saturated heterocycles. The molecule has 1 aromatic heterocycles. The maximum absolute atomic E-state index is 12.5. The number of carboxylic acids is 2. The number of rotatable bonds is 9. The van der Waals surface area contributed by atoms with Crippen LogP contribution in [0.1, 0.15) is 27.0 Å². The van der Waals surface area contributed by atoms with Crippen molar-refractivity contribution in [1.82, 2.24) is 16.0 Å². The van der Waals surface area contributed by atoms with Crippen molar-refractivity contribution in [1.29, 1.82) is 0 Å². The molecule has 1 aliphatic rings. The van der Waals surface area contributed by atoms with Crippen LogP contribution < -0.4 is 25.4 Å². The van der Waals surface area contributed by atoms with Gasteiger partial charge in [-0.3, -0.25) is 9.59 Å². The number of fused-ring (bicyclic) bond motifs is 1. The summed E-state index contributed by atoms with van der Waals surface area (Å²) in [6.07, 6.45) is -6.89. The van der Waals surface area contributed by atoms with E-state index < -0.39 is 48.5 Å². The molecule has 2 aromatic rings. The zero-order chi connectivity index (χ0) is 29.2. The van der Waals surface area contributed by atoms with E-state index in [1.807, 2.05) is 0 Å². The van der Waals surface area contributed by atoms with Crippen LogP contribution in [-0.4, -0.2) is 71.8 Å². The van der Waals surface area contributed by atoms with Gasteiger partial charge >= 0.3 is 24.2 Å². The maximum atomic E-state index is 12.5. The van der Waals surface area contributed by atoms with Gasteiger partial charge in [0.1, 0.15) is 0 Å². The number of carbonyl (C=O) groups excluding carboxylic acids is 3. The highest BCUT2D eigenvalue weighted by molar-refractivity contribution is 7.14. The smallest absolute Gasteiger partial charge is 0.478 e. The third kappa shape index (κ3) is 9.57. The lowest BCUT2D eigenvalue weighted by atomic mass is 10.1. The van der Waals surface area contributed by atoms with Crippen molar-refractivity contribution >= 4 is 41.1 Å². The van der Waals surface area contributed by atoms with Crippen LogP contribution in [0, 0.1) is 0 Å². The largest absolute Gasteiger partial charge is 0.490 e. The minimum absolute atomic E-state index is 0.0423. The number of hydrogen-bond donors (Lipinski definition) is 5. The highest BCUT2D eigenvalue weighted by Crippen LogP contribution is 2.28. The van der Waals surface area contributed by atoms with Crippen LogP contribution in [-0.2, 0) is 27.3 Å². The third-order valence-corrected chi connectivity index (χ3v) is 6.00. The molecule has 2 heterocycles. The van der Waals surface area contributed by atoms with E-state index in [9.17, 15) is 37.5 Å². The molecule has 39 heavy (non-hydrogen) atoms. The molecule has 16 heteroatoms. The number of para-hydroxylation sites is 2. The van der Waals surface area contributed by atoms with Gasteiger partial charge in [-0.05, 0) is 37.1 Å². The fraction of sp³-hybridized carbons (Fsp3) is 0.348. The number of Topliss-reactive ketones (excluding diaryl/α,β-unsaturated/α-hetero) is 1. The van der Waals surface area contributed by atoms with E-state index in [2.05, 4.69) is 16.0 Å². The number of ether oxygens (including phenoxy) is 2. The van der Waals surface area contributed by atoms with E-state index in [1.54, 1.807) is 25.1 Å². The maximum Gasteiger partial charge on any atom is 0.490 e. The summed E-state index contributed by atoms with van der Waals surface area (Å²) in [5.74, 6) is -5.74. The second-order valence-corrected chi connectivity index (χ2v) is 8.78. The van der Waals surface area contributed by atoms with E-state index in [4.69, 9.17) is 19.4 Å². The Labute approximate surface area is 223 Å². The third-order valence-electron chi connectivity index (χ3n) is 4.76. The zero-order valence-corrected chi connectivity index (χ0v) is 21.1. The first-order valence-electron chi connectivity index (χ1n) is 11.2. The molecule has 0 fully saturated rings. The minimum atomic E-state index is -5.08. The highest BCUT2D eigenvalue weighted by Gasteiger charge is 2.38. The van der Waals surface area contributed by atoms with Crippen LogP contribution in [0.2, 0.25) is 0 Å². The van der Waals surface area contributed by atoms with Crippen molar-refractivity contribution in [2.24, 2.45) is 0 Å². The number of carboxylic acid groups (broad SMARTS) is 2. The molecular weight excluding hydrogens is 551 g/mol. The molecule has 3 rings (SSSR count). The first kappa shape index (κ1) is 31.0. The van der Waals surface area contributed by atoms with Crippen LogP contribution >= 0.6 is 11.3 Å². The average Bonchev–Trinajstić information content (AvgIpc) is 3.31. The summed E-state index contributed by atoms with van der Waals surface area (Å²) in [7, 11) is 0. The Hall–Kier alpha value is -4.18. The first-order chi connectivity index (χ1) is 18.3. The second kappa shape index (κ2) is 14.1. The number of ketones is 1. The number of nitrogens with one attached hydrogen (secondary N) is 3. The van der Waals surface area contributed by atoms with Gasteiger partial charge in [0.25, 0.3) is 12.0 Å². The summed E-state index contributed by atoms with van der Waals surface area (Å²) in [6, 6.07) is 7.66. The predicted octanol–water partition coefficient (Wildman–Crippen LogP) is 1.97. The van der Waals surface area contributed by atoms with Gasteiger partial charge < -0.3 is 35.6 Å². The molecule has 0 spiro atoms. The van der Waals surface area contributed by atoms with Gasteiger partial charge in [0.15, 0.2) is 11.5 Å². The monoisotopic (exact) mass is 575 g/mol. The Kier molecular flexibility index (Phi) is 11.2. The average molecular weight is 576 g/mol. The molecule has 0 saturated carbocycles. The summed E-state index contributed by atoms with van der Waals surface area (Å²) in [5, 5.41) is 24.7. The summed E-state index contributed by atoms with van der Waals surface area (Å²) in [6.45, 7) is 3.04. The van der Waals surface area contributed by atoms with Crippen LogP contribution in [0.25, 0.3) is 0 Å². The number of hydrogen-bond acceptors (Lipinski definition) is 9. The van der Waals surface area contributed by atoms with E-state index in [-0.39, 0.29) is 11.5 Å². The highest BCUT2D eigenvalue weighted by atomic mass is 32.1. The van der Waals surface area contributed by atoms with Crippen LogP contribution in [0.5, 0.6) is 11.5 Å². The number of aliphatic carboxylic acids is 2. The van der Waals surface area contributed by atoms with Crippen LogP contribution in [0.4, 0.5) is 18.0 Å². The van der Waals surface area contributed by atoms with Crippen molar-refractivity contribution in [3.05, 3.63) is 45.6 Å². The van der Waals surface area contributed by atoms with Crippen LogP contribution in [0.15, 0.2) is 30.3 Å². The van der Waals surface area contributed by atoms with Gasteiger partial charge in [-0.15, -0.1) is 11.3 Å². The fourth-order valence-corrected chi connectivity index (χ4v) is 4.10. The van der Waals surface area contributed by atoms with Gasteiger partial charge in [0, 0.05) is 24.5 Å². The quantitative estimate of drug-likeness (QED) is 0.278.